The number of guanidine groups is 1. The summed E-state index contributed by atoms with van der Waals surface area (Å²) in [4.78, 5) is 4.46. The maximum atomic E-state index is 12.2. The van der Waals surface area contributed by atoms with Crippen molar-refractivity contribution in [2.75, 3.05) is 26.2 Å². The standard InChI is InChI=1S/C18H28F3N3O2.HI/c1-4-22-17(23-10-13(2)3)24-11-15(12-25)9-14-5-7-16(8-6-14)26-18(19,20)21;/h5-8,13,15,25H,4,9-12H2,1-3H3,(H2,22,23,24);1H. The summed E-state index contributed by atoms with van der Waals surface area (Å²) in [6.45, 7) is 8.01. The van der Waals surface area contributed by atoms with Crippen molar-refractivity contribution < 1.29 is 23.0 Å². The summed E-state index contributed by atoms with van der Waals surface area (Å²) in [5.41, 5.74) is 0.824. The van der Waals surface area contributed by atoms with Gasteiger partial charge in [-0.1, -0.05) is 26.0 Å². The van der Waals surface area contributed by atoms with E-state index in [-0.39, 0.29) is 42.3 Å². The van der Waals surface area contributed by atoms with Crippen LogP contribution in [-0.2, 0) is 6.42 Å². The number of benzene rings is 1. The molecule has 0 spiro atoms. The van der Waals surface area contributed by atoms with Gasteiger partial charge in [0, 0.05) is 32.2 Å². The molecule has 1 atom stereocenters. The molecule has 0 aliphatic rings. The van der Waals surface area contributed by atoms with Crippen LogP contribution in [0.25, 0.3) is 0 Å². The molecule has 0 heterocycles. The molecule has 27 heavy (non-hydrogen) atoms. The van der Waals surface area contributed by atoms with Crippen LogP contribution >= 0.6 is 24.0 Å². The molecule has 9 heteroatoms. The van der Waals surface area contributed by atoms with Crippen LogP contribution in [0.5, 0.6) is 5.75 Å². The van der Waals surface area contributed by atoms with Crippen molar-refractivity contribution in [1.29, 1.82) is 0 Å². The molecule has 5 nitrogen and oxygen atoms in total. The van der Waals surface area contributed by atoms with Crippen LogP contribution in [0.3, 0.4) is 0 Å². The van der Waals surface area contributed by atoms with E-state index in [4.69, 9.17) is 0 Å². The van der Waals surface area contributed by atoms with Gasteiger partial charge in [-0.2, -0.15) is 0 Å². The molecule has 0 aromatic heterocycles. The molecule has 1 unspecified atom stereocenters. The third-order valence-corrected chi connectivity index (χ3v) is 3.46. The van der Waals surface area contributed by atoms with Crippen LogP contribution in [0.2, 0.25) is 0 Å². The molecule has 3 N–H and O–H groups in total. The van der Waals surface area contributed by atoms with E-state index in [0.29, 0.717) is 31.4 Å². The van der Waals surface area contributed by atoms with E-state index in [1.54, 1.807) is 12.1 Å². The minimum absolute atomic E-state index is 0. The number of aliphatic imine (C=N–C) groups is 1. The van der Waals surface area contributed by atoms with Gasteiger partial charge in [0.25, 0.3) is 0 Å². The Morgan fingerprint density at radius 1 is 1.19 bits per heavy atom. The van der Waals surface area contributed by atoms with Gasteiger partial charge in [-0.25, -0.2) is 0 Å². The molecule has 156 valence electrons. The van der Waals surface area contributed by atoms with Gasteiger partial charge in [-0.3, -0.25) is 4.99 Å². The minimum atomic E-state index is -4.70. The fourth-order valence-corrected chi connectivity index (χ4v) is 2.22. The largest absolute Gasteiger partial charge is 0.573 e. The average Bonchev–Trinajstić information content (AvgIpc) is 2.56. The van der Waals surface area contributed by atoms with E-state index in [2.05, 4.69) is 34.2 Å². The number of hydrogen-bond acceptors (Lipinski definition) is 3. The van der Waals surface area contributed by atoms with E-state index in [9.17, 15) is 18.3 Å². The van der Waals surface area contributed by atoms with E-state index < -0.39 is 6.36 Å². The Labute approximate surface area is 175 Å². The molecule has 0 aliphatic heterocycles. The Bertz CT molecular complexity index is 552. The van der Waals surface area contributed by atoms with E-state index in [0.717, 1.165) is 12.1 Å². The first-order valence-corrected chi connectivity index (χ1v) is 8.71. The zero-order valence-electron chi connectivity index (χ0n) is 15.8. The predicted octanol–water partition coefficient (Wildman–Crippen LogP) is 3.57. The molecular formula is C18H29F3IN3O2. The lowest BCUT2D eigenvalue weighted by atomic mass is 10.00. The minimum Gasteiger partial charge on any atom is -0.406 e. The average molecular weight is 503 g/mol. The first-order valence-electron chi connectivity index (χ1n) is 8.71. The monoisotopic (exact) mass is 503 g/mol. The highest BCUT2D eigenvalue weighted by Gasteiger charge is 2.30. The lowest BCUT2D eigenvalue weighted by Gasteiger charge is -2.18. The zero-order valence-corrected chi connectivity index (χ0v) is 18.2. The number of ether oxygens (including phenoxy) is 1. The SMILES string of the molecule is CCNC(=NCC(C)C)NCC(CO)Cc1ccc(OC(F)(F)F)cc1.I. The van der Waals surface area contributed by atoms with Crippen molar-refractivity contribution in [3.05, 3.63) is 29.8 Å². The maximum absolute atomic E-state index is 12.2. The van der Waals surface area contributed by atoms with Crippen LogP contribution in [0.1, 0.15) is 26.3 Å². The molecule has 0 fully saturated rings. The first-order chi connectivity index (χ1) is 12.2. The summed E-state index contributed by atoms with van der Waals surface area (Å²) in [5, 5.41) is 15.9. The van der Waals surface area contributed by atoms with Gasteiger partial charge < -0.3 is 20.5 Å². The molecule has 0 amide bonds. The Balaban J connectivity index is 0.00000676. The summed E-state index contributed by atoms with van der Waals surface area (Å²) in [6.07, 6.45) is -4.17. The molecule has 1 aromatic carbocycles. The van der Waals surface area contributed by atoms with Crippen LogP contribution in [0.15, 0.2) is 29.3 Å². The van der Waals surface area contributed by atoms with Crippen molar-refractivity contribution in [2.45, 2.75) is 33.6 Å². The van der Waals surface area contributed by atoms with Crippen LogP contribution < -0.4 is 15.4 Å². The number of hydrogen-bond donors (Lipinski definition) is 3. The van der Waals surface area contributed by atoms with E-state index in [1.165, 1.54) is 12.1 Å². The Hall–Kier alpha value is -1.23. The summed E-state index contributed by atoms with van der Waals surface area (Å²) < 4.78 is 40.4. The third kappa shape index (κ3) is 12.0. The maximum Gasteiger partial charge on any atom is 0.573 e. The van der Waals surface area contributed by atoms with Crippen LogP contribution in [-0.4, -0.2) is 43.7 Å². The number of alkyl halides is 3. The van der Waals surface area contributed by atoms with Gasteiger partial charge in [-0.05, 0) is 37.0 Å². The zero-order chi connectivity index (χ0) is 19.6. The number of halogens is 4. The first kappa shape index (κ1) is 25.8. The van der Waals surface area contributed by atoms with Gasteiger partial charge in [0.05, 0.1) is 0 Å². The second-order valence-electron chi connectivity index (χ2n) is 6.44. The lowest BCUT2D eigenvalue weighted by Crippen LogP contribution is -2.41. The predicted molar refractivity (Wildman–Crippen MR) is 112 cm³/mol. The molecule has 0 saturated heterocycles. The smallest absolute Gasteiger partial charge is 0.406 e. The van der Waals surface area contributed by atoms with Crippen molar-refractivity contribution in [2.24, 2.45) is 16.8 Å². The third-order valence-electron chi connectivity index (χ3n) is 3.46. The van der Waals surface area contributed by atoms with Crippen LogP contribution in [0.4, 0.5) is 13.2 Å². The summed E-state index contributed by atoms with van der Waals surface area (Å²) in [7, 11) is 0. The van der Waals surface area contributed by atoms with Crippen molar-refractivity contribution in [3.63, 3.8) is 0 Å². The van der Waals surface area contributed by atoms with Gasteiger partial charge in [0.1, 0.15) is 5.75 Å². The van der Waals surface area contributed by atoms with Gasteiger partial charge >= 0.3 is 6.36 Å². The molecule has 1 rings (SSSR count). The lowest BCUT2D eigenvalue weighted by molar-refractivity contribution is -0.274. The van der Waals surface area contributed by atoms with Gasteiger partial charge in [-0.15, -0.1) is 37.1 Å². The summed E-state index contributed by atoms with van der Waals surface area (Å²) in [5.74, 6) is 0.785. The molecule has 0 aliphatic carbocycles. The quantitative estimate of drug-likeness (QED) is 0.274. The Morgan fingerprint density at radius 2 is 1.81 bits per heavy atom. The normalized spacial score (nSPS) is 13.1. The van der Waals surface area contributed by atoms with Crippen molar-refractivity contribution in [3.8, 4) is 5.75 Å². The summed E-state index contributed by atoms with van der Waals surface area (Å²) in [6, 6.07) is 5.70. The van der Waals surface area contributed by atoms with Crippen molar-refractivity contribution >= 4 is 29.9 Å². The Morgan fingerprint density at radius 3 is 2.30 bits per heavy atom. The highest BCUT2D eigenvalue weighted by molar-refractivity contribution is 14.0. The number of nitrogens with one attached hydrogen (secondary N) is 2. The Kier molecular flexibility index (Phi) is 12.4. The second kappa shape index (κ2) is 13.0. The van der Waals surface area contributed by atoms with Gasteiger partial charge in [0.2, 0.25) is 0 Å². The van der Waals surface area contributed by atoms with E-state index in [1.807, 2.05) is 6.92 Å². The fraction of sp³-hybridized carbons (Fsp3) is 0.611. The number of rotatable bonds is 9. The molecule has 0 radical (unpaired) electrons. The molecular weight excluding hydrogens is 474 g/mol. The fourth-order valence-electron chi connectivity index (χ4n) is 2.22. The number of aliphatic hydroxyl groups is 1. The highest BCUT2D eigenvalue weighted by atomic mass is 127. The second-order valence-corrected chi connectivity index (χ2v) is 6.44. The molecule has 0 saturated carbocycles. The van der Waals surface area contributed by atoms with Crippen LogP contribution in [0, 0.1) is 11.8 Å². The summed E-state index contributed by atoms with van der Waals surface area (Å²) >= 11 is 0. The number of nitrogens with zero attached hydrogens (tertiary/aromatic N) is 1. The van der Waals surface area contributed by atoms with Crippen molar-refractivity contribution in [1.82, 2.24) is 10.6 Å². The topological polar surface area (TPSA) is 65.9 Å². The molecule has 1 aromatic rings. The highest BCUT2D eigenvalue weighted by Crippen LogP contribution is 2.23. The van der Waals surface area contributed by atoms with E-state index >= 15 is 0 Å². The number of aliphatic hydroxyl groups excluding tert-OH is 1. The molecule has 0 bridgehead atoms. The van der Waals surface area contributed by atoms with Gasteiger partial charge in [0.15, 0.2) is 5.96 Å².